The third-order valence-corrected chi connectivity index (χ3v) is 1.59. The van der Waals surface area contributed by atoms with Crippen molar-refractivity contribution in [3.05, 3.63) is 11.9 Å². The van der Waals surface area contributed by atoms with Crippen molar-refractivity contribution in [3.63, 3.8) is 0 Å². The Hall–Kier alpha value is -0.860. The molecule has 0 fully saturated rings. The van der Waals surface area contributed by atoms with E-state index in [2.05, 4.69) is 6.92 Å². The maximum atomic E-state index is 12.3. The van der Waals surface area contributed by atoms with Crippen molar-refractivity contribution in [1.82, 2.24) is 0 Å². The first-order valence-electron chi connectivity index (χ1n) is 4.27. The molecule has 70 valence electrons. The van der Waals surface area contributed by atoms with E-state index in [9.17, 15) is 9.18 Å². The summed E-state index contributed by atoms with van der Waals surface area (Å²) in [5, 5.41) is 8.14. The summed E-state index contributed by atoms with van der Waals surface area (Å²) >= 11 is 0. The molecule has 0 spiro atoms. The molecule has 0 amide bonds. The molecule has 2 nitrogen and oxygen atoms in total. The lowest BCUT2D eigenvalue weighted by Gasteiger charge is -1.94. The highest BCUT2D eigenvalue weighted by Gasteiger charge is 2.02. The van der Waals surface area contributed by atoms with Crippen molar-refractivity contribution in [2.75, 3.05) is 0 Å². The molecule has 0 heterocycles. The van der Waals surface area contributed by atoms with Crippen LogP contribution in [0.1, 0.15) is 39.0 Å². The maximum absolute atomic E-state index is 12.3. The summed E-state index contributed by atoms with van der Waals surface area (Å²) in [4.78, 5) is 9.98. The van der Waals surface area contributed by atoms with Gasteiger partial charge in [0, 0.05) is 0 Å². The molecule has 0 aliphatic rings. The molecule has 0 saturated heterocycles. The third kappa shape index (κ3) is 5.89. The predicted octanol–water partition coefficient (Wildman–Crippen LogP) is 2.89. The number of carboxylic acid groups (broad SMARTS) is 1. The quantitative estimate of drug-likeness (QED) is 0.496. The summed E-state index contributed by atoms with van der Waals surface area (Å²) < 4.78 is 12.3. The van der Waals surface area contributed by atoms with E-state index in [-0.39, 0.29) is 0 Å². The Bertz CT molecular complexity index is 164. The Labute approximate surface area is 72.1 Å². The second kappa shape index (κ2) is 6.83. The van der Waals surface area contributed by atoms with Crippen molar-refractivity contribution >= 4 is 5.97 Å². The van der Waals surface area contributed by atoms with E-state index in [1.54, 1.807) is 0 Å². The van der Waals surface area contributed by atoms with Gasteiger partial charge in [-0.25, -0.2) is 4.79 Å². The van der Waals surface area contributed by atoms with Crippen LogP contribution in [0.2, 0.25) is 0 Å². The van der Waals surface area contributed by atoms with Crippen LogP contribution in [0.5, 0.6) is 0 Å². The monoisotopic (exact) mass is 174 g/mol. The molecule has 0 aromatic heterocycles. The van der Waals surface area contributed by atoms with E-state index in [0.717, 1.165) is 31.8 Å². The van der Waals surface area contributed by atoms with Crippen LogP contribution in [-0.2, 0) is 4.79 Å². The van der Waals surface area contributed by atoms with Gasteiger partial charge >= 0.3 is 5.97 Å². The molecule has 0 atom stereocenters. The fraction of sp³-hybridized carbons (Fsp3) is 0.667. The smallest absolute Gasteiger partial charge is 0.364 e. The number of allylic oxidation sites excluding steroid dienone is 1. The normalized spacial score (nSPS) is 11.7. The Morgan fingerprint density at radius 2 is 2.08 bits per heavy atom. The Morgan fingerprint density at radius 3 is 2.58 bits per heavy atom. The molecular formula is C9H15FO2. The van der Waals surface area contributed by atoms with Crippen LogP contribution in [-0.4, -0.2) is 11.1 Å². The number of hydrogen-bond acceptors (Lipinski definition) is 1. The summed E-state index contributed by atoms with van der Waals surface area (Å²) in [6.45, 7) is 2.09. The minimum Gasteiger partial charge on any atom is -0.476 e. The van der Waals surface area contributed by atoms with Gasteiger partial charge in [0.25, 0.3) is 0 Å². The number of halogens is 1. The van der Waals surface area contributed by atoms with Crippen molar-refractivity contribution in [2.24, 2.45) is 0 Å². The van der Waals surface area contributed by atoms with Gasteiger partial charge in [0.1, 0.15) is 0 Å². The molecule has 1 N–H and O–H groups in total. The number of carboxylic acids is 1. The zero-order valence-corrected chi connectivity index (χ0v) is 7.35. The first-order valence-corrected chi connectivity index (χ1v) is 4.27. The topological polar surface area (TPSA) is 37.3 Å². The van der Waals surface area contributed by atoms with Gasteiger partial charge in [-0.15, -0.1) is 0 Å². The lowest BCUT2D eigenvalue weighted by Crippen LogP contribution is -1.94. The van der Waals surface area contributed by atoms with Crippen molar-refractivity contribution in [1.29, 1.82) is 0 Å². The highest BCUT2D eigenvalue weighted by Crippen LogP contribution is 2.06. The minimum absolute atomic E-state index is 0.526. The second-order valence-corrected chi connectivity index (χ2v) is 2.71. The van der Waals surface area contributed by atoms with E-state index in [1.807, 2.05) is 0 Å². The molecular weight excluding hydrogens is 159 g/mol. The average Bonchev–Trinajstić information content (AvgIpc) is 2.03. The van der Waals surface area contributed by atoms with E-state index in [0.29, 0.717) is 6.42 Å². The van der Waals surface area contributed by atoms with Crippen LogP contribution in [0.3, 0.4) is 0 Å². The van der Waals surface area contributed by atoms with Crippen molar-refractivity contribution < 1.29 is 14.3 Å². The van der Waals surface area contributed by atoms with Gasteiger partial charge in [0.05, 0.1) is 0 Å². The number of rotatable bonds is 6. The zero-order valence-electron chi connectivity index (χ0n) is 7.35. The summed E-state index contributed by atoms with van der Waals surface area (Å²) in [5.74, 6) is -2.50. The zero-order chi connectivity index (χ0) is 9.40. The van der Waals surface area contributed by atoms with Gasteiger partial charge in [-0.2, -0.15) is 4.39 Å². The fourth-order valence-electron chi connectivity index (χ4n) is 0.887. The molecule has 0 radical (unpaired) electrons. The standard InChI is InChI=1S/C9H15FO2/c1-2-3-4-5-6-7-8(10)9(11)12/h7H,2-6H2,1H3,(H,11,12)/b8-7-. The molecule has 0 bridgehead atoms. The third-order valence-electron chi connectivity index (χ3n) is 1.59. The van der Waals surface area contributed by atoms with E-state index < -0.39 is 11.8 Å². The minimum atomic E-state index is -1.47. The van der Waals surface area contributed by atoms with Crippen LogP contribution < -0.4 is 0 Å². The number of aliphatic carboxylic acids is 1. The van der Waals surface area contributed by atoms with Gasteiger partial charge in [0.2, 0.25) is 5.83 Å². The van der Waals surface area contributed by atoms with E-state index in [4.69, 9.17) is 5.11 Å². The van der Waals surface area contributed by atoms with Gasteiger partial charge in [-0.3, -0.25) is 0 Å². The van der Waals surface area contributed by atoms with Gasteiger partial charge < -0.3 is 5.11 Å². The summed E-state index contributed by atoms with van der Waals surface area (Å²) in [7, 11) is 0. The van der Waals surface area contributed by atoms with Gasteiger partial charge in [0.15, 0.2) is 0 Å². The van der Waals surface area contributed by atoms with Crippen molar-refractivity contribution in [3.8, 4) is 0 Å². The molecule has 0 aliphatic heterocycles. The largest absolute Gasteiger partial charge is 0.476 e. The second-order valence-electron chi connectivity index (χ2n) is 2.71. The molecule has 0 aromatic carbocycles. The number of carbonyl (C=O) groups is 1. The summed E-state index contributed by atoms with van der Waals surface area (Å²) in [5.41, 5.74) is 0. The Balaban J connectivity index is 3.40. The van der Waals surface area contributed by atoms with Crippen LogP contribution in [0, 0.1) is 0 Å². The number of hydrogen-bond donors (Lipinski definition) is 1. The molecule has 3 heteroatoms. The van der Waals surface area contributed by atoms with Gasteiger partial charge in [-0.05, 0) is 18.9 Å². The first-order chi connectivity index (χ1) is 5.68. The molecule has 12 heavy (non-hydrogen) atoms. The SMILES string of the molecule is CCCCCC/C=C(\F)C(=O)O. The highest BCUT2D eigenvalue weighted by atomic mass is 19.1. The lowest BCUT2D eigenvalue weighted by atomic mass is 10.1. The Morgan fingerprint density at radius 1 is 1.42 bits per heavy atom. The van der Waals surface area contributed by atoms with Crippen LogP contribution in [0.25, 0.3) is 0 Å². The lowest BCUT2D eigenvalue weighted by molar-refractivity contribution is -0.134. The first kappa shape index (κ1) is 11.1. The maximum Gasteiger partial charge on any atom is 0.364 e. The van der Waals surface area contributed by atoms with E-state index in [1.165, 1.54) is 0 Å². The fourth-order valence-corrected chi connectivity index (χ4v) is 0.887. The summed E-state index contributed by atoms with van der Waals surface area (Å²) in [6.07, 6.45) is 5.83. The van der Waals surface area contributed by atoms with Crippen LogP contribution >= 0.6 is 0 Å². The van der Waals surface area contributed by atoms with Crippen LogP contribution in [0.4, 0.5) is 4.39 Å². The van der Waals surface area contributed by atoms with Crippen molar-refractivity contribution in [2.45, 2.75) is 39.0 Å². The molecule has 0 aliphatic carbocycles. The molecule has 0 saturated carbocycles. The van der Waals surface area contributed by atoms with Crippen LogP contribution in [0.15, 0.2) is 11.9 Å². The number of unbranched alkanes of at least 4 members (excludes halogenated alkanes) is 4. The predicted molar refractivity (Wildman–Crippen MR) is 45.6 cm³/mol. The molecule has 0 rings (SSSR count). The van der Waals surface area contributed by atoms with E-state index >= 15 is 0 Å². The molecule has 0 unspecified atom stereocenters. The average molecular weight is 174 g/mol. The Kier molecular flexibility index (Phi) is 6.34. The highest BCUT2D eigenvalue weighted by molar-refractivity contribution is 5.83. The van der Waals surface area contributed by atoms with Gasteiger partial charge in [-0.1, -0.05) is 26.2 Å². The summed E-state index contributed by atoms with van der Waals surface area (Å²) in [6, 6.07) is 0. The molecule has 0 aromatic rings.